The van der Waals surface area contributed by atoms with Crippen molar-refractivity contribution in [2.45, 2.75) is 6.92 Å². The lowest BCUT2D eigenvalue weighted by Crippen LogP contribution is -1.96. The number of rotatable bonds is 4. The molecule has 0 amide bonds. The van der Waals surface area contributed by atoms with E-state index in [1.165, 1.54) is 5.56 Å². The summed E-state index contributed by atoms with van der Waals surface area (Å²) in [4.78, 5) is 4.57. The summed E-state index contributed by atoms with van der Waals surface area (Å²) in [5, 5.41) is 7.87. The molecule has 0 fully saturated rings. The summed E-state index contributed by atoms with van der Waals surface area (Å²) in [7, 11) is 1.67. The van der Waals surface area contributed by atoms with Crippen LogP contribution in [-0.4, -0.2) is 21.7 Å². The second kappa shape index (κ2) is 6.28. The molecule has 0 saturated heterocycles. The highest BCUT2D eigenvalue weighted by Crippen LogP contribution is 2.25. The summed E-state index contributed by atoms with van der Waals surface area (Å²) in [6, 6.07) is 22.0. The van der Waals surface area contributed by atoms with Crippen molar-refractivity contribution in [3.05, 3.63) is 72.3 Å². The fraction of sp³-hybridized carbons (Fsp3) is 0.100. The maximum Gasteiger partial charge on any atom is 0.247 e. The van der Waals surface area contributed by atoms with Gasteiger partial charge in [-0.05, 0) is 43.3 Å². The van der Waals surface area contributed by atoms with Crippen molar-refractivity contribution in [2.24, 2.45) is 0 Å². The number of aromatic nitrogens is 3. The Morgan fingerprint density at radius 1 is 0.960 bits per heavy atom. The van der Waals surface area contributed by atoms with Gasteiger partial charge in [-0.15, -0.1) is 5.10 Å². The zero-order valence-corrected chi connectivity index (χ0v) is 14.1. The smallest absolute Gasteiger partial charge is 0.247 e. The normalized spacial score (nSPS) is 10.8. The molecule has 25 heavy (non-hydrogen) atoms. The minimum atomic E-state index is 0.569. The standard InChI is InChI=1S/C20H18N4O/c1-14-9-11-16(12-10-14)21-20-22-19-8-4-7-18(24(19)23-20)15-5-3-6-17(13-15)25-2/h3-13H,1-2H3,(H,21,23). The molecule has 4 aromatic rings. The van der Waals surface area contributed by atoms with Gasteiger partial charge in [0.1, 0.15) is 5.75 Å². The summed E-state index contributed by atoms with van der Waals surface area (Å²) in [5.41, 5.74) is 4.95. The van der Waals surface area contributed by atoms with Crippen LogP contribution in [-0.2, 0) is 0 Å². The average molecular weight is 330 g/mol. The number of nitrogens with one attached hydrogen (secondary N) is 1. The van der Waals surface area contributed by atoms with Gasteiger partial charge >= 0.3 is 0 Å². The molecule has 0 spiro atoms. The van der Waals surface area contributed by atoms with Crippen LogP contribution in [0.1, 0.15) is 5.56 Å². The van der Waals surface area contributed by atoms with Crippen LogP contribution in [0.4, 0.5) is 11.6 Å². The lowest BCUT2D eigenvalue weighted by Gasteiger charge is -2.06. The van der Waals surface area contributed by atoms with Crippen LogP contribution in [0.5, 0.6) is 5.75 Å². The third-order valence-electron chi connectivity index (χ3n) is 4.03. The number of aryl methyl sites for hydroxylation is 1. The molecule has 5 nitrogen and oxygen atoms in total. The largest absolute Gasteiger partial charge is 0.497 e. The summed E-state index contributed by atoms with van der Waals surface area (Å²) < 4.78 is 7.16. The van der Waals surface area contributed by atoms with Gasteiger partial charge in [0.25, 0.3) is 0 Å². The zero-order valence-electron chi connectivity index (χ0n) is 14.1. The van der Waals surface area contributed by atoms with Crippen LogP contribution in [0, 0.1) is 6.92 Å². The predicted octanol–water partition coefficient (Wildman–Crippen LogP) is 4.46. The van der Waals surface area contributed by atoms with Crippen molar-refractivity contribution >= 4 is 17.3 Å². The molecule has 124 valence electrons. The van der Waals surface area contributed by atoms with Crippen molar-refractivity contribution in [1.29, 1.82) is 0 Å². The number of hydrogen-bond acceptors (Lipinski definition) is 4. The molecule has 4 rings (SSSR count). The topological polar surface area (TPSA) is 51.5 Å². The van der Waals surface area contributed by atoms with E-state index in [2.05, 4.69) is 34.5 Å². The SMILES string of the molecule is COc1cccc(-c2cccc3nc(Nc4ccc(C)cc4)nn23)c1. The number of methoxy groups -OCH3 is 1. The second-order valence-corrected chi connectivity index (χ2v) is 5.84. The third-order valence-corrected chi connectivity index (χ3v) is 4.03. The maximum atomic E-state index is 5.32. The van der Waals surface area contributed by atoms with E-state index in [0.29, 0.717) is 5.95 Å². The summed E-state index contributed by atoms with van der Waals surface area (Å²) in [5.74, 6) is 1.38. The molecule has 2 aromatic carbocycles. The molecule has 0 aliphatic heterocycles. The summed E-state index contributed by atoms with van der Waals surface area (Å²) in [6.45, 7) is 2.06. The molecule has 5 heteroatoms. The van der Waals surface area contributed by atoms with Gasteiger partial charge in [-0.25, -0.2) is 4.52 Å². The number of fused-ring (bicyclic) bond motifs is 1. The van der Waals surface area contributed by atoms with Gasteiger partial charge in [0.15, 0.2) is 5.65 Å². The van der Waals surface area contributed by atoms with Gasteiger partial charge in [-0.2, -0.15) is 4.98 Å². The molecule has 0 saturated carbocycles. The van der Waals surface area contributed by atoms with Gasteiger partial charge in [0.2, 0.25) is 5.95 Å². The van der Waals surface area contributed by atoms with E-state index < -0.39 is 0 Å². The third kappa shape index (κ3) is 3.04. The fourth-order valence-electron chi connectivity index (χ4n) is 2.73. The molecule has 0 atom stereocenters. The molecular formula is C20H18N4O. The predicted molar refractivity (Wildman–Crippen MR) is 99.4 cm³/mol. The van der Waals surface area contributed by atoms with E-state index in [1.807, 2.05) is 59.1 Å². The summed E-state index contributed by atoms with van der Waals surface area (Å²) in [6.07, 6.45) is 0. The van der Waals surface area contributed by atoms with Crippen LogP contribution < -0.4 is 10.1 Å². The van der Waals surface area contributed by atoms with Gasteiger partial charge in [0.05, 0.1) is 12.8 Å². The molecule has 2 heterocycles. The van der Waals surface area contributed by atoms with Crippen LogP contribution in [0.25, 0.3) is 16.9 Å². The monoisotopic (exact) mass is 330 g/mol. The van der Waals surface area contributed by atoms with E-state index in [1.54, 1.807) is 7.11 Å². The first kappa shape index (κ1) is 15.2. The molecular weight excluding hydrogens is 312 g/mol. The molecule has 0 unspecified atom stereocenters. The molecule has 0 aliphatic carbocycles. The van der Waals surface area contributed by atoms with Gasteiger partial charge in [0, 0.05) is 11.3 Å². The highest BCUT2D eigenvalue weighted by molar-refractivity contribution is 5.66. The Bertz CT molecular complexity index is 1020. The molecule has 0 aliphatic rings. The van der Waals surface area contributed by atoms with E-state index >= 15 is 0 Å². The van der Waals surface area contributed by atoms with E-state index in [-0.39, 0.29) is 0 Å². The van der Waals surface area contributed by atoms with Crippen LogP contribution >= 0.6 is 0 Å². The van der Waals surface area contributed by atoms with Crippen LogP contribution in [0.3, 0.4) is 0 Å². The van der Waals surface area contributed by atoms with E-state index in [9.17, 15) is 0 Å². The Labute approximate surface area is 145 Å². The highest BCUT2D eigenvalue weighted by atomic mass is 16.5. The Morgan fingerprint density at radius 3 is 2.56 bits per heavy atom. The number of nitrogens with zero attached hydrogens (tertiary/aromatic N) is 3. The van der Waals surface area contributed by atoms with Crippen molar-refractivity contribution < 1.29 is 4.74 Å². The number of benzene rings is 2. The highest BCUT2D eigenvalue weighted by Gasteiger charge is 2.09. The van der Waals surface area contributed by atoms with Crippen molar-refractivity contribution in [1.82, 2.24) is 14.6 Å². The number of hydrogen-bond donors (Lipinski definition) is 1. The maximum absolute atomic E-state index is 5.32. The first-order valence-electron chi connectivity index (χ1n) is 8.07. The molecule has 0 bridgehead atoms. The minimum absolute atomic E-state index is 0.569. The Kier molecular flexibility index (Phi) is 3.82. The number of ether oxygens (including phenoxy) is 1. The molecule has 2 aromatic heterocycles. The Morgan fingerprint density at radius 2 is 1.76 bits per heavy atom. The Balaban J connectivity index is 1.74. The Hall–Kier alpha value is -3.34. The average Bonchev–Trinajstić information content (AvgIpc) is 3.06. The van der Waals surface area contributed by atoms with Gasteiger partial charge in [-0.1, -0.05) is 35.9 Å². The van der Waals surface area contributed by atoms with Crippen LogP contribution in [0.2, 0.25) is 0 Å². The van der Waals surface area contributed by atoms with Crippen molar-refractivity contribution in [3.63, 3.8) is 0 Å². The van der Waals surface area contributed by atoms with Crippen LogP contribution in [0.15, 0.2) is 66.7 Å². The lowest BCUT2D eigenvalue weighted by molar-refractivity contribution is 0.415. The zero-order chi connectivity index (χ0) is 17.2. The number of anilines is 2. The van der Waals surface area contributed by atoms with Crippen molar-refractivity contribution in [2.75, 3.05) is 12.4 Å². The lowest BCUT2D eigenvalue weighted by atomic mass is 10.1. The van der Waals surface area contributed by atoms with Gasteiger partial charge in [-0.3, -0.25) is 0 Å². The van der Waals surface area contributed by atoms with E-state index in [0.717, 1.165) is 28.3 Å². The number of pyridine rings is 1. The summed E-state index contributed by atoms with van der Waals surface area (Å²) >= 11 is 0. The molecule has 0 radical (unpaired) electrons. The second-order valence-electron chi connectivity index (χ2n) is 5.84. The first-order chi connectivity index (χ1) is 12.2. The first-order valence-corrected chi connectivity index (χ1v) is 8.07. The minimum Gasteiger partial charge on any atom is -0.497 e. The molecule has 1 N–H and O–H groups in total. The van der Waals surface area contributed by atoms with E-state index in [4.69, 9.17) is 4.74 Å². The van der Waals surface area contributed by atoms with Gasteiger partial charge < -0.3 is 10.1 Å². The quantitative estimate of drug-likeness (QED) is 0.600. The fourth-order valence-corrected chi connectivity index (χ4v) is 2.73. The van der Waals surface area contributed by atoms with Crippen molar-refractivity contribution in [3.8, 4) is 17.0 Å².